The zero-order chi connectivity index (χ0) is 24.5. The van der Waals surface area contributed by atoms with E-state index in [1.54, 1.807) is 19.2 Å². The van der Waals surface area contributed by atoms with Gasteiger partial charge in [0.25, 0.3) is 0 Å². The lowest BCUT2D eigenvalue weighted by atomic mass is 9.96. The van der Waals surface area contributed by atoms with Crippen LogP contribution in [0.2, 0.25) is 0 Å². The van der Waals surface area contributed by atoms with Crippen molar-refractivity contribution in [1.29, 1.82) is 0 Å². The van der Waals surface area contributed by atoms with Crippen molar-refractivity contribution in [2.45, 2.75) is 48.1 Å². The van der Waals surface area contributed by atoms with Gasteiger partial charge in [0.2, 0.25) is 11.8 Å². The molecule has 0 saturated carbocycles. The Morgan fingerprint density at radius 1 is 0.938 bits per heavy atom. The standard InChI is InChI=1S/C24H38BrN3O4/c1-23(2,3)21(30)26-10-12-28(13-11-27-22(31)24(4,5)6)16-18-14-17(19(29)15-25)8-9-20(18)32-7/h8-9,14H,10-13,15-16H2,1-7H3,(H,26,30)(H,27,31). The van der Waals surface area contributed by atoms with Crippen molar-refractivity contribution < 1.29 is 19.1 Å². The molecule has 0 atom stereocenters. The molecule has 0 saturated heterocycles. The number of nitrogens with one attached hydrogen (secondary N) is 2. The first-order valence-electron chi connectivity index (χ1n) is 10.8. The minimum absolute atomic E-state index is 0.00432. The second-order valence-electron chi connectivity index (χ2n) is 9.87. The summed E-state index contributed by atoms with van der Waals surface area (Å²) in [6.45, 7) is 13.9. The number of methoxy groups -OCH3 is 1. The van der Waals surface area contributed by atoms with Crippen molar-refractivity contribution in [3.8, 4) is 5.75 Å². The maximum atomic E-state index is 12.2. The molecule has 1 rings (SSSR count). The molecule has 0 aliphatic rings. The summed E-state index contributed by atoms with van der Waals surface area (Å²) >= 11 is 3.22. The fourth-order valence-corrected chi connectivity index (χ4v) is 3.17. The second kappa shape index (κ2) is 12.3. The predicted octanol–water partition coefficient (Wildman–Crippen LogP) is 3.40. The van der Waals surface area contributed by atoms with Gasteiger partial charge >= 0.3 is 0 Å². The highest BCUT2D eigenvalue weighted by Crippen LogP contribution is 2.22. The second-order valence-corrected chi connectivity index (χ2v) is 10.4. The lowest BCUT2D eigenvalue weighted by Crippen LogP contribution is -2.43. The molecule has 0 aliphatic carbocycles. The van der Waals surface area contributed by atoms with Crippen molar-refractivity contribution in [1.82, 2.24) is 15.5 Å². The van der Waals surface area contributed by atoms with Crippen LogP contribution in [0.25, 0.3) is 0 Å². The molecule has 180 valence electrons. The van der Waals surface area contributed by atoms with Gasteiger partial charge in [-0.3, -0.25) is 19.3 Å². The molecular weight excluding hydrogens is 474 g/mol. The van der Waals surface area contributed by atoms with E-state index in [9.17, 15) is 14.4 Å². The van der Waals surface area contributed by atoms with Gasteiger partial charge in [-0.05, 0) is 18.2 Å². The van der Waals surface area contributed by atoms with Crippen molar-refractivity contribution >= 4 is 33.5 Å². The molecule has 32 heavy (non-hydrogen) atoms. The Labute approximate surface area is 200 Å². The summed E-state index contributed by atoms with van der Waals surface area (Å²) in [5, 5.41) is 6.19. The highest BCUT2D eigenvalue weighted by atomic mass is 79.9. The zero-order valence-corrected chi connectivity index (χ0v) is 22.0. The quantitative estimate of drug-likeness (QED) is 0.351. The van der Waals surface area contributed by atoms with Crippen LogP contribution in [-0.2, 0) is 16.1 Å². The molecule has 1 aromatic rings. The van der Waals surface area contributed by atoms with Crippen LogP contribution in [0.4, 0.5) is 0 Å². The monoisotopic (exact) mass is 511 g/mol. The Morgan fingerprint density at radius 3 is 1.84 bits per heavy atom. The molecule has 0 fully saturated rings. The summed E-state index contributed by atoms with van der Waals surface area (Å²) in [7, 11) is 1.60. The van der Waals surface area contributed by atoms with Crippen LogP contribution in [0.3, 0.4) is 0 Å². The van der Waals surface area contributed by atoms with Gasteiger partial charge < -0.3 is 15.4 Å². The van der Waals surface area contributed by atoms with Gasteiger partial charge in [-0.2, -0.15) is 0 Å². The molecule has 0 aromatic heterocycles. The van der Waals surface area contributed by atoms with Gasteiger partial charge in [-0.15, -0.1) is 0 Å². The van der Waals surface area contributed by atoms with E-state index in [0.29, 0.717) is 44.0 Å². The summed E-state index contributed by atoms with van der Waals surface area (Å²) < 4.78 is 5.50. The Hall–Kier alpha value is -1.93. The number of benzene rings is 1. The molecule has 0 heterocycles. The number of amides is 2. The van der Waals surface area contributed by atoms with Crippen LogP contribution in [0.5, 0.6) is 5.75 Å². The van der Waals surface area contributed by atoms with Gasteiger partial charge in [0.05, 0.1) is 12.4 Å². The van der Waals surface area contributed by atoms with E-state index >= 15 is 0 Å². The highest BCUT2D eigenvalue weighted by molar-refractivity contribution is 9.09. The van der Waals surface area contributed by atoms with Crippen LogP contribution < -0.4 is 15.4 Å². The number of hydrogen-bond acceptors (Lipinski definition) is 5. The number of rotatable bonds is 11. The number of Topliss-reactive ketones (excluding diaryl/α,β-unsaturated/α-hetero) is 1. The number of carbonyl (C=O) groups is 3. The molecule has 0 spiro atoms. The van der Waals surface area contributed by atoms with E-state index in [1.807, 2.05) is 47.6 Å². The van der Waals surface area contributed by atoms with Crippen LogP contribution in [0.15, 0.2) is 18.2 Å². The first-order valence-corrected chi connectivity index (χ1v) is 12.0. The van der Waals surface area contributed by atoms with Crippen LogP contribution >= 0.6 is 15.9 Å². The Balaban J connectivity index is 2.95. The molecular formula is C24H38BrN3O4. The minimum atomic E-state index is -0.459. The van der Waals surface area contributed by atoms with Gasteiger partial charge in [0.15, 0.2) is 5.78 Å². The minimum Gasteiger partial charge on any atom is -0.496 e. The SMILES string of the molecule is COc1ccc(C(=O)CBr)cc1CN(CCNC(=O)C(C)(C)C)CCNC(=O)C(C)(C)C. The molecule has 0 unspecified atom stereocenters. The average molecular weight is 512 g/mol. The third-order valence-electron chi connectivity index (χ3n) is 4.91. The van der Waals surface area contributed by atoms with Crippen LogP contribution in [0.1, 0.15) is 57.5 Å². The van der Waals surface area contributed by atoms with Gasteiger partial charge in [0, 0.05) is 54.7 Å². The molecule has 2 N–H and O–H groups in total. The summed E-state index contributed by atoms with van der Waals surface area (Å²) in [5.41, 5.74) is 0.571. The number of hydrogen-bond donors (Lipinski definition) is 2. The maximum Gasteiger partial charge on any atom is 0.225 e. The van der Waals surface area contributed by atoms with E-state index < -0.39 is 10.8 Å². The smallest absolute Gasteiger partial charge is 0.225 e. The summed E-state index contributed by atoms with van der Waals surface area (Å²) in [4.78, 5) is 38.7. The van der Waals surface area contributed by atoms with E-state index in [4.69, 9.17) is 4.74 Å². The number of alkyl halides is 1. The normalized spacial score (nSPS) is 11.9. The largest absolute Gasteiger partial charge is 0.496 e. The Kier molecular flexibility index (Phi) is 10.8. The first kappa shape index (κ1) is 28.1. The molecule has 7 nitrogen and oxygen atoms in total. The fraction of sp³-hybridized carbons (Fsp3) is 0.625. The van der Waals surface area contributed by atoms with Crippen LogP contribution in [0, 0.1) is 10.8 Å². The molecule has 1 aromatic carbocycles. The molecule has 8 heteroatoms. The lowest BCUT2D eigenvalue weighted by Gasteiger charge is -2.26. The van der Waals surface area contributed by atoms with E-state index in [0.717, 1.165) is 5.56 Å². The third-order valence-corrected chi connectivity index (χ3v) is 5.42. The van der Waals surface area contributed by atoms with Gasteiger partial charge in [-0.25, -0.2) is 0 Å². The topological polar surface area (TPSA) is 87.7 Å². The number of nitrogens with zero attached hydrogens (tertiary/aromatic N) is 1. The number of ether oxygens (including phenoxy) is 1. The summed E-state index contributed by atoms with van der Waals surface area (Å²) in [5.74, 6) is 0.663. The van der Waals surface area contributed by atoms with Gasteiger partial charge in [0.1, 0.15) is 5.75 Å². The van der Waals surface area contributed by atoms with E-state index in [1.165, 1.54) is 0 Å². The molecule has 2 amide bonds. The van der Waals surface area contributed by atoms with Crippen LogP contribution in [-0.4, -0.2) is 61.1 Å². The first-order chi connectivity index (χ1) is 14.8. The van der Waals surface area contributed by atoms with Crippen molar-refractivity contribution in [3.63, 3.8) is 0 Å². The third kappa shape index (κ3) is 9.28. The molecule has 0 radical (unpaired) electrons. The molecule has 0 bridgehead atoms. The van der Waals surface area contributed by atoms with Crippen molar-refractivity contribution in [3.05, 3.63) is 29.3 Å². The highest BCUT2D eigenvalue weighted by Gasteiger charge is 2.22. The summed E-state index contributed by atoms with van der Waals surface area (Å²) in [6, 6.07) is 5.40. The summed E-state index contributed by atoms with van der Waals surface area (Å²) in [6.07, 6.45) is 0. The zero-order valence-electron chi connectivity index (χ0n) is 20.4. The maximum absolute atomic E-state index is 12.2. The number of halogens is 1. The average Bonchev–Trinajstić information content (AvgIpc) is 2.71. The predicted molar refractivity (Wildman–Crippen MR) is 131 cm³/mol. The van der Waals surface area contributed by atoms with E-state index in [2.05, 4.69) is 31.5 Å². The molecule has 0 aliphatic heterocycles. The van der Waals surface area contributed by atoms with E-state index in [-0.39, 0.29) is 22.9 Å². The number of ketones is 1. The number of carbonyl (C=O) groups excluding carboxylic acids is 3. The Bertz CT molecular complexity index is 765. The van der Waals surface area contributed by atoms with Gasteiger partial charge in [-0.1, -0.05) is 57.5 Å². The lowest BCUT2D eigenvalue weighted by molar-refractivity contribution is -0.129. The Morgan fingerprint density at radius 2 is 1.44 bits per heavy atom. The van der Waals surface area contributed by atoms with Crippen molar-refractivity contribution in [2.75, 3.05) is 38.6 Å². The van der Waals surface area contributed by atoms with Crippen molar-refractivity contribution in [2.24, 2.45) is 10.8 Å². The fourth-order valence-electron chi connectivity index (χ4n) is 2.85.